The van der Waals surface area contributed by atoms with Gasteiger partial charge in [0.15, 0.2) is 0 Å². The van der Waals surface area contributed by atoms with E-state index >= 15 is 0 Å². The summed E-state index contributed by atoms with van der Waals surface area (Å²) < 4.78 is 6.68. The quantitative estimate of drug-likeness (QED) is 0.737. The highest BCUT2D eigenvalue weighted by molar-refractivity contribution is 9.10. The van der Waals surface area contributed by atoms with Gasteiger partial charge in [0.2, 0.25) is 17.7 Å². The van der Waals surface area contributed by atoms with Gasteiger partial charge in [0, 0.05) is 26.1 Å². The number of carbonyl (C=O) groups is 2. The normalized spacial score (nSPS) is 18.3. The number of nitrogens with one attached hydrogen (secondary N) is 1. The van der Waals surface area contributed by atoms with Crippen molar-refractivity contribution in [1.29, 1.82) is 0 Å². The first kappa shape index (κ1) is 19.1. The Bertz CT molecular complexity index is 587. The molecule has 2 amide bonds. The molecule has 2 heterocycles. The Hall–Kier alpha value is -1.28. The number of carbonyl (C=O) groups excluding carboxylic acids is 2. The summed E-state index contributed by atoms with van der Waals surface area (Å²) in [6, 6.07) is 3.23. The summed E-state index contributed by atoms with van der Waals surface area (Å²) in [7, 11) is 0. The molecule has 1 saturated heterocycles. The maximum absolute atomic E-state index is 12.7. The molecule has 2 rings (SSSR count). The number of aromatic nitrogens is 1. The maximum Gasteiger partial charge on any atom is 0.245 e. The molecule has 1 aliphatic rings. The molecule has 1 aromatic rings. The fraction of sp³-hybridized carbons (Fsp3) is 0.562. The van der Waals surface area contributed by atoms with E-state index in [1.807, 2.05) is 18.4 Å². The van der Waals surface area contributed by atoms with Crippen molar-refractivity contribution < 1.29 is 14.3 Å². The van der Waals surface area contributed by atoms with Gasteiger partial charge in [0.05, 0.1) is 11.0 Å². The van der Waals surface area contributed by atoms with Crippen LogP contribution in [0.1, 0.15) is 19.8 Å². The number of nitrogens with zero attached hydrogens (tertiary/aromatic N) is 2. The second-order valence-corrected chi connectivity index (χ2v) is 7.48. The summed E-state index contributed by atoms with van der Waals surface area (Å²) in [6.07, 6.45) is 4.96. The summed E-state index contributed by atoms with van der Waals surface area (Å²) in [6.45, 7) is 2.58. The van der Waals surface area contributed by atoms with Crippen molar-refractivity contribution >= 4 is 39.5 Å². The summed E-state index contributed by atoms with van der Waals surface area (Å²) in [5.41, 5.74) is 0. The molecule has 0 aliphatic carbocycles. The monoisotopic (exact) mass is 415 g/mol. The predicted octanol–water partition coefficient (Wildman–Crippen LogP) is 2.08. The van der Waals surface area contributed by atoms with Crippen LogP contribution in [0.4, 0.5) is 0 Å². The van der Waals surface area contributed by atoms with E-state index in [4.69, 9.17) is 4.74 Å². The minimum Gasteiger partial charge on any atom is -0.472 e. The van der Waals surface area contributed by atoms with Crippen molar-refractivity contribution in [2.24, 2.45) is 0 Å². The first-order chi connectivity index (χ1) is 11.5. The molecule has 0 saturated carbocycles. The van der Waals surface area contributed by atoms with Gasteiger partial charge in [0.1, 0.15) is 12.1 Å². The minimum absolute atomic E-state index is 0.0366. The third kappa shape index (κ3) is 5.37. The molecule has 0 aromatic carbocycles. The van der Waals surface area contributed by atoms with Gasteiger partial charge in [-0.05, 0) is 46.5 Å². The van der Waals surface area contributed by atoms with E-state index in [1.165, 1.54) is 6.92 Å². The number of thioether (sulfide) groups is 1. The molecule has 1 fully saturated rings. The Balaban J connectivity index is 1.93. The van der Waals surface area contributed by atoms with E-state index < -0.39 is 6.04 Å². The van der Waals surface area contributed by atoms with Crippen molar-refractivity contribution in [3.63, 3.8) is 0 Å². The lowest BCUT2D eigenvalue weighted by Crippen LogP contribution is -2.48. The van der Waals surface area contributed by atoms with Gasteiger partial charge in [-0.25, -0.2) is 4.98 Å². The Morgan fingerprint density at radius 1 is 1.58 bits per heavy atom. The van der Waals surface area contributed by atoms with Crippen LogP contribution >= 0.6 is 27.7 Å². The first-order valence-corrected chi connectivity index (χ1v) is 10.0. The fourth-order valence-corrected chi connectivity index (χ4v) is 3.42. The second-order valence-electron chi connectivity index (χ2n) is 5.64. The van der Waals surface area contributed by atoms with Gasteiger partial charge < -0.3 is 15.0 Å². The number of likely N-dealkylation sites (tertiary alicyclic amines) is 1. The molecule has 0 bridgehead atoms. The molecular formula is C16H22BrN3O3S. The SMILES string of the molecule is CSCCC(NC(C)=O)C(=O)N1CCC(Oc2ncccc2Br)C1. The molecule has 1 aromatic heterocycles. The number of rotatable bonds is 7. The highest BCUT2D eigenvalue weighted by atomic mass is 79.9. The Labute approximate surface area is 154 Å². The number of halogens is 1. The molecule has 2 atom stereocenters. The van der Waals surface area contributed by atoms with Crippen LogP contribution < -0.4 is 10.1 Å². The van der Waals surface area contributed by atoms with Crippen molar-refractivity contribution in [2.75, 3.05) is 25.1 Å². The number of pyridine rings is 1. The molecule has 1 N–H and O–H groups in total. The van der Waals surface area contributed by atoms with Crippen molar-refractivity contribution in [2.45, 2.75) is 31.9 Å². The van der Waals surface area contributed by atoms with Crippen LogP contribution in [-0.4, -0.2) is 58.9 Å². The molecule has 132 valence electrons. The standard InChI is InChI=1S/C16H22BrN3O3S/c1-11(21)19-14(6-9-24-2)16(22)20-8-5-12(10-20)23-15-13(17)4-3-7-18-15/h3-4,7,12,14H,5-6,8-10H2,1-2H3,(H,19,21). The third-order valence-corrected chi connectivity index (χ3v) is 4.99. The highest BCUT2D eigenvalue weighted by Crippen LogP contribution is 2.24. The lowest BCUT2D eigenvalue weighted by molar-refractivity contribution is -0.135. The molecule has 0 radical (unpaired) electrons. The van der Waals surface area contributed by atoms with Crippen LogP contribution in [0.3, 0.4) is 0 Å². The van der Waals surface area contributed by atoms with Crippen LogP contribution in [0.15, 0.2) is 22.8 Å². The van der Waals surface area contributed by atoms with Crippen LogP contribution in [0.25, 0.3) is 0 Å². The average molecular weight is 416 g/mol. The third-order valence-electron chi connectivity index (χ3n) is 3.75. The van der Waals surface area contributed by atoms with Gasteiger partial charge >= 0.3 is 0 Å². The molecule has 24 heavy (non-hydrogen) atoms. The summed E-state index contributed by atoms with van der Waals surface area (Å²) in [5.74, 6) is 1.15. The average Bonchev–Trinajstić information content (AvgIpc) is 3.01. The molecular weight excluding hydrogens is 394 g/mol. The molecule has 8 heteroatoms. The Morgan fingerprint density at radius 3 is 3.04 bits per heavy atom. The van der Waals surface area contributed by atoms with E-state index in [2.05, 4.69) is 26.2 Å². The lowest BCUT2D eigenvalue weighted by Gasteiger charge is -2.24. The van der Waals surface area contributed by atoms with Crippen molar-refractivity contribution in [1.82, 2.24) is 15.2 Å². The Morgan fingerprint density at radius 2 is 2.38 bits per heavy atom. The lowest BCUT2D eigenvalue weighted by atomic mass is 10.2. The maximum atomic E-state index is 12.7. The van der Waals surface area contributed by atoms with Crippen LogP contribution in [-0.2, 0) is 9.59 Å². The molecule has 0 spiro atoms. The number of hydrogen-bond acceptors (Lipinski definition) is 5. The summed E-state index contributed by atoms with van der Waals surface area (Å²) in [4.78, 5) is 30.0. The smallest absolute Gasteiger partial charge is 0.245 e. The zero-order chi connectivity index (χ0) is 17.5. The van der Waals surface area contributed by atoms with E-state index in [0.29, 0.717) is 25.4 Å². The zero-order valence-electron chi connectivity index (χ0n) is 13.8. The Kier molecular flexibility index (Phi) is 7.36. The highest BCUT2D eigenvalue weighted by Gasteiger charge is 2.32. The van der Waals surface area contributed by atoms with E-state index in [1.54, 1.807) is 22.9 Å². The topological polar surface area (TPSA) is 71.5 Å². The molecule has 6 nitrogen and oxygen atoms in total. The number of ether oxygens (including phenoxy) is 1. The van der Waals surface area contributed by atoms with Crippen LogP contribution in [0.2, 0.25) is 0 Å². The van der Waals surface area contributed by atoms with Gasteiger partial charge in [-0.1, -0.05) is 0 Å². The minimum atomic E-state index is -0.463. The van der Waals surface area contributed by atoms with Gasteiger partial charge in [0.25, 0.3) is 0 Å². The molecule has 1 aliphatic heterocycles. The van der Waals surface area contributed by atoms with Gasteiger partial charge in [-0.15, -0.1) is 0 Å². The number of hydrogen-bond donors (Lipinski definition) is 1. The van der Waals surface area contributed by atoms with Crippen molar-refractivity contribution in [3.05, 3.63) is 22.8 Å². The van der Waals surface area contributed by atoms with E-state index in [9.17, 15) is 9.59 Å². The summed E-state index contributed by atoms with van der Waals surface area (Å²) in [5, 5.41) is 2.76. The predicted molar refractivity (Wildman–Crippen MR) is 98.2 cm³/mol. The summed E-state index contributed by atoms with van der Waals surface area (Å²) >= 11 is 5.07. The van der Waals surface area contributed by atoms with Gasteiger partial charge in [-0.2, -0.15) is 11.8 Å². The van der Waals surface area contributed by atoms with E-state index in [0.717, 1.165) is 16.6 Å². The largest absolute Gasteiger partial charge is 0.472 e. The molecule has 2 unspecified atom stereocenters. The van der Waals surface area contributed by atoms with Gasteiger partial charge in [-0.3, -0.25) is 9.59 Å². The zero-order valence-corrected chi connectivity index (χ0v) is 16.2. The number of amides is 2. The van der Waals surface area contributed by atoms with Crippen molar-refractivity contribution in [3.8, 4) is 5.88 Å². The van der Waals surface area contributed by atoms with E-state index in [-0.39, 0.29) is 17.9 Å². The first-order valence-electron chi connectivity index (χ1n) is 7.83. The van der Waals surface area contributed by atoms with Crippen LogP contribution in [0.5, 0.6) is 5.88 Å². The van der Waals surface area contributed by atoms with Crippen LogP contribution in [0, 0.1) is 0 Å². The fourth-order valence-electron chi connectivity index (χ4n) is 2.60. The second kappa shape index (κ2) is 9.27.